The van der Waals surface area contributed by atoms with Crippen molar-refractivity contribution in [2.45, 2.75) is 37.7 Å². The summed E-state index contributed by atoms with van der Waals surface area (Å²) in [7, 11) is -2.41. The van der Waals surface area contributed by atoms with E-state index < -0.39 is 16.0 Å². The SMILES string of the molecule is CCCCCOC(=O)c1cc(COC)cc(S(N)(=O)=O)c1. The summed E-state index contributed by atoms with van der Waals surface area (Å²) in [4.78, 5) is 11.8. The van der Waals surface area contributed by atoms with Gasteiger partial charge in [0.25, 0.3) is 0 Å². The smallest absolute Gasteiger partial charge is 0.338 e. The van der Waals surface area contributed by atoms with Gasteiger partial charge in [0.15, 0.2) is 0 Å². The number of carbonyl (C=O) groups is 1. The monoisotopic (exact) mass is 315 g/mol. The molecule has 0 heterocycles. The Morgan fingerprint density at radius 2 is 1.95 bits per heavy atom. The normalized spacial score (nSPS) is 11.4. The molecule has 1 aromatic rings. The first-order chi connectivity index (χ1) is 9.88. The standard InChI is InChI=1S/C14H21NO5S/c1-3-4-5-6-20-14(16)12-7-11(10-19-2)8-13(9-12)21(15,17)18/h7-9H,3-6,10H2,1-2H3,(H2,15,17,18). The molecular formula is C14H21NO5S. The highest BCUT2D eigenvalue weighted by atomic mass is 32.2. The molecule has 21 heavy (non-hydrogen) atoms. The average Bonchev–Trinajstić information content (AvgIpc) is 2.42. The van der Waals surface area contributed by atoms with E-state index in [1.807, 2.05) is 0 Å². The molecule has 6 nitrogen and oxygen atoms in total. The molecule has 1 aromatic carbocycles. The maximum atomic E-state index is 11.9. The molecule has 0 unspecified atom stereocenters. The summed E-state index contributed by atoms with van der Waals surface area (Å²) in [5.41, 5.74) is 0.703. The summed E-state index contributed by atoms with van der Waals surface area (Å²) in [5, 5.41) is 5.11. The Morgan fingerprint density at radius 3 is 2.52 bits per heavy atom. The Bertz CT molecular complexity index is 583. The number of primary sulfonamides is 1. The fourth-order valence-corrected chi connectivity index (χ4v) is 2.40. The van der Waals surface area contributed by atoms with Crippen LogP contribution in [0.2, 0.25) is 0 Å². The molecule has 0 radical (unpaired) electrons. The molecule has 0 atom stereocenters. The van der Waals surface area contributed by atoms with Crippen molar-refractivity contribution in [3.8, 4) is 0 Å². The van der Waals surface area contributed by atoms with Crippen molar-refractivity contribution in [1.29, 1.82) is 0 Å². The van der Waals surface area contributed by atoms with Crippen LogP contribution in [0, 0.1) is 0 Å². The van der Waals surface area contributed by atoms with Crippen LogP contribution in [0.25, 0.3) is 0 Å². The number of unbranched alkanes of at least 4 members (excludes halogenated alkanes) is 2. The first-order valence-electron chi connectivity index (χ1n) is 6.71. The maximum absolute atomic E-state index is 11.9. The Labute approximate surface area is 125 Å². The Balaban J connectivity index is 2.94. The van der Waals surface area contributed by atoms with E-state index in [1.54, 1.807) is 6.07 Å². The number of nitrogens with two attached hydrogens (primary N) is 1. The third-order valence-electron chi connectivity index (χ3n) is 2.82. The number of methoxy groups -OCH3 is 1. The molecule has 0 spiro atoms. The molecule has 1 rings (SSSR count). The molecule has 0 aromatic heterocycles. The van der Waals surface area contributed by atoms with Crippen molar-refractivity contribution in [3.05, 3.63) is 29.3 Å². The van der Waals surface area contributed by atoms with Crippen molar-refractivity contribution in [3.63, 3.8) is 0 Å². The molecule has 0 saturated heterocycles. The first-order valence-corrected chi connectivity index (χ1v) is 8.26. The van der Waals surface area contributed by atoms with Crippen LogP contribution in [0.4, 0.5) is 0 Å². The van der Waals surface area contributed by atoms with E-state index >= 15 is 0 Å². The van der Waals surface area contributed by atoms with Crippen LogP contribution >= 0.6 is 0 Å². The van der Waals surface area contributed by atoms with Crippen LogP contribution in [0.3, 0.4) is 0 Å². The fraction of sp³-hybridized carbons (Fsp3) is 0.500. The van der Waals surface area contributed by atoms with E-state index in [0.29, 0.717) is 12.2 Å². The number of sulfonamides is 1. The lowest BCUT2D eigenvalue weighted by atomic mass is 10.1. The van der Waals surface area contributed by atoms with Crippen molar-refractivity contribution in [2.24, 2.45) is 5.14 Å². The van der Waals surface area contributed by atoms with Gasteiger partial charge in [-0.2, -0.15) is 0 Å². The number of benzene rings is 1. The molecule has 7 heteroatoms. The van der Waals surface area contributed by atoms with Gasteiger partial charge in [-0.1, -0.05) is 19.8 Å². The third-order valence-corrected chi connectivity index (χ3v) is 3.72. The highest BCUT2D eigenvalue weighted by molar-refractivity contribution is 7.89. The summed E-state index contributed by atoms with van der Waals surface area (Å²) >= 11 is 0. The van der Waals surface area contributed by atoms with E-state index in [0.717, 1.165) is 19.3 Å². The largest absolute Gasteiger partial charge is 0.462 e. The van der Waals surface area contributed by atoms with Gasteiger partial charge in [-0.05, 0) is 30.2 Å². The molecule has 118 valence electrons. The number of hydrogen-bond acceptors (Lipinski definition) is 5. The van der Waals surface area contributed by atoms with Crippen molar-refractivity contribution >= 4 is 16.0 Å². The van der Waals surface area contributed by atoms with Crippen LogP contribution in [-0.4, -0.2) is 28.1 Å². The van der Waals surface area contributed by atoms with E-state index in [1.165, 1.54) is 19.2 Å². The topological polar surface area (TPSA) is 95.7 Å². The molecule has 0 bridgehead atoms. The third kappa shape index (κ3) is 5.82. The maximum Gasteiger partial charge on any atom is 0.338 e. The summed E-state index contributed by atoms with van der Waals surface area (Å²) in [5.74, 6) is -0.561. The second-order valence-electron chi connectivity index (χ2n) is 4.69. The van der Waals surface area contributed by atoms with Crippen molar-refractivity contribution in [2.75, 3.05) is 13.7 Å². The molecule has 0 amide bonds. The van der Waals surface area contributed by atoms with Gasteiger partial charge >= 0.3 is 5.97 Å². The van der Waals surface area contributed by atoms with E-state index in [2.05, 4.69) is 6.92 Å². The zero-order valence-corrected chi connectivity index (χ0v) is 13.1. The van der Waals surface area contributed by atoms with Crippen molar-refractivity contribution in [1.82, 2.24) is 0 Å². The van der Waals surface area contributed by atoms with Gasteiger partial charge in [-0.3, -0.25) is 0 Å². The summed E-state index contributed by atoms with van der Waals surface area (Å²) in [6, 6.07) is 4.14. The summed E-state index contributed by atoms with van der Waals surface area (Å²) in [6.07, 6.45) is 2.78. The van der Waals surface area contributed by atoms with Crippen LogP contribution in [0.15, 0.2) is 23.1 Å². The number of ether oxygens (including phenoxy) is 2. The minimum absolute atomic E-state index is 0.127. The van der Waals surface area contributed by atoms with Crippen LogP contribution < -0.4 is 5.14 Å². The zero-order chi connectivity index (χ0) is 15.9. The number of hydrogen-bond donors (Lipinski definition) is 1. The van der Waals surface area contributed by atoms with E-state index in [4.69, 9.17) is 14.6 Å². The summed E-state index contributed by atoms with van der Waals surface area (Å²) in [6.45, 7) is 2.54. The minimum Gasteiger partial charge on any atom is -0.462 e. The van der Waals surface area contributed by atoms with Gasteiger partial charge in [0.1, 0.15) is 0 Å². The predicted molar refractivity (Wildman–Crippen MR) is 78.3 cm³/mol. The number of esters is 1. The Hall–Kier alpha value is -1.44. The Kier molecular flexibility index (Phi) is 6.80. The molecule has 0 aliphatic heterocycles. The van der Waals surface area contributed by atoms with Crippen LogP contribution in [-0.2, 0) is 26.1 Å². The fourth-order valence-electron chi connectivity index (χ4n) is 1.79. The highest BCUT2D eigenvalue weighted by Crippen LogP contribution is 2.16. The zero-order valence-electron chi connectivity index (χ0n) is 12.3. The van der Waals surface area contributed by atoms with Gasteiger partial charge in [-0.25, -0.2) is 18.4 Å². The van der Waals surface area contributed by atoms with E-state index in [-0.39, 0.29) is 17.1 Å². The van der Waals surface area contributed by atoms with Crippen LogP contribution in [0.1, 0.15) is 42.1 Å². The average molecular weight is 315 g/mol. The van der Waals surface area contributed by atoms with Gasteiger partial charge in [0.2, 0.25) is 10.0 Å². The molecule has 0 aliphatic rings. The Morgan fingerprint density at radius 1 is 1.24 bits per heavy atom. The lowest BCUT2D eigenvalue weighted by molar-refractivity contribution is 0.0497. The first kappa shape index (κ1) is 17.6. The minimum atomic E-state index is -3.89. The second kappa shape index (κ2) is 8.11. The molecule has 2 N–H and O–H groups in total. The van der Waals surface area contributed by atoms with Gasteiger partial charge in [-0.15, -0.1) is 0 Å². The highest BCUT2D eigenvalue weighted by Gasteiger charge is 2.15. The predicted octanol–water partition coefficient (Wildman–Crippen LogP) is 1.83. The van der Waals surface area contributed by atoms with Gasteiger partial charge < -0.3 is 9.47 Å². The van der Waals surface area contributed by atoms with Gasteiger partial charge in [0.05, 0.1) is 23.7 Å². The summed E-state index contributed by atoms with van der Waals surface area (Å²) < 4.78 is 33.0. The molecule has 0 fully saturated rings. The lowest BCUT2D eigenvalue weighted by Gasteiger charge is -2.09. The van der Waals surface area contributed by atoms with Gasteiger partial charge in [0, 0.05) is 7.11 Å². The van der Waals surface area contributed by atoms with E-state index in [9.17, 15) is 13.2 Å². The molecular weight excluding hydrogens is 294 g/mol. The lowest BCUT2D eigenvalue weighted by Crippen LogP contribution is -2.15. The second-order valence-corrected chi connectivity index (χ2v) is 6.25. The van der Waals surface area contributed by atoms with Crippen molar-refractivity contribution < 1.29 is 22.7 Å². The van der Waals surface area contributed by atoms with Crippen LogP contribution in [0.5, 0.6) is 0 Å². The number of rotatable bonds is 8. The molecule has 0 saturated carbocycles. The molecule has 0 aliphatic carbocycles. The quantitative estimate of drug-likeness (QED) is 0.583. The number of carbonyl (C=O) groups excluding carboxylic acids is 1.